The van der Waals surface area contributed by atoms with Crippen molar-refractivity contribution in [2.45, 2.75) is 40.0 Å². The Morgan fingerprint density at radius 1 is 1.19 bits per heavy atom. The third-order valence-corrected chi connectivity index (χ3v) is 3.59. The summed E-state index contributed by atoms with van der Waals surface area (Å²) in [6.07, 6.45) is 2.72. The Balaban J connectivity index is 2.71. The number of hydrogen-bond donors (Lipinski definition) is 1. The maximum Gasteiger partial charge on any atom is 0.313 e. The van der Waals surface area contributed by atoms with Gasteiger partial charge in [0.05, 0.1) is 0 Å². The zero-order valence-corrected chi connectivity index (χ0v) is 13.7. The molecule has 21 heavy (non-hydrogen) atoms. The Morgan fingerprint density at radius 3 is 2.48 bits per heavy atom. The summed E-state index contributed by atoms with van der Waals surface area (Å²) in [6.45, 7) is 7.14. The van der Waals surface area contributed by atoms with Crippen molar-refractivity contribution in [3.8, 4) is 0 Å². The van der Waals surface area contributed by atoms with Gasteiger partial charge < -0.3 is 10.2 Å². The Morgan fingerprint density at radius 2 is 1.90 bits per heavy atom. The summed E-state index contributed by atoms with van der Waals surface area (Å²) in [5.74, 6) is -1.10. The number of rotatable bonds is 6. The Labute approximate surface area is 131 Å². The number of hydrogen-bond acceptors (Lipinski definition) is 2. The van der Waals surface area contributed by atoms with E-state index in [4.69, 9.17) is 11.6 Å². The molecule has 0 aliphatic heterocycles. The lowest BCUT2D eigenvalue weighted by molar-refractivity contribution is -0.143. The molecule has 0 radical (unpaired) electrons. The van der Waals surface area contributed by atoms with E-state index >= 15 is 0 Å². The van der Waals surface area contributed by atoms with Crippen LogP contribution >= 0.6 is 11.6 Å². The number of nitrogens with zero attached hydrogens (tertiary/aromatic N) is 1. The van der Waals surface area contributed by atoms with Crippen LogP contribution in [0.4, 0.5) is 5.69 Å². The minimum Gasteiger partial charge on any atom is -0.334 e. The van der Waals surface area contributed by atoms with Crippen LogP contribution in [0.1, 0.15) is 38.7 Å². The first-order valence-electron chi connectivity index (χ1n) is 7.36. The summed E-state index contributed by atoms with van der Waals surface area (Å²) in [4.78, 5) is 25.8. The molecule has 0 saturated heterocycles. The first-order chi connectivity index (χ1) is 9.99. The third-order valence-electron chi connectivity index (χ3n) is 3.19. The minimum atomic E-state index is -0.612. The quantitative estimate of drug-likeness (QED) is 0.816. The fourth-order valence-electron chi connectivity index (χ4n) is 1.93. The lowest BCUT2D eigenvalue weighted by atomic mass is 10.2. The summed E-state index contributed by atoms with van der Waals surface area (Å²) in [5, 5.41) is 3.18. The molecule has 1 aromatic rings. The molecule has 0 atom stereocenters. The average Bonchev–Trinajstić information content (AvgIpc) is 2.46. The number of nitrogens with one attached hydrogen (secondary N) is 1. The van der Waals surface area contributed by atoms with Crippen LogP contribution in [0.2, 0.25) is 5.02 Å². The second-order valence-electron chi connectivity index (χ2n) is 5.06. The zero-order valence-electron chi connectivity index (χ0n) is 12.9. The van der Waals surface area contributed by atoms with Crippen LogP contribution in [0.15, 0.2) is 18.2 Å². The van der Waals surface area contributed by atoms with Crippen molar-refractivity contribution in [3.63, 3.8) is 0 Å². The summed E-state index contributed by atoms with van der Waals surface area (Å²) < 4.78 is 0. The molecule has 116 valence electrons. The predicted molar refractivity (Wildman–Crippen MR) is 86.6 cm³/mol. The van der Waals surface area contributed by atoms with Gasteiger partial charge in [-0.1, -0.05) is 37.9 Å². The molecule has 0 fully saturated rings. The second-order valence-corrected chi connectivity index (χ2v) is 5.47. The monoisotopic (exact) mass is 310 g/mol. The van der Waals surface area contributed by atoms with Crippen LogP contribution in [0, 0.1) is 6.92 Å². The third kappa shape index (κ3) is 5.38. The molecule has 2 amide bonds. The molecule has 4 nitrogen and oxygen atoms in total. The summed E-state index contributed by atoms with van der Waals surface area (Å²) in [5.41, 5.74) is 1.47. The summed E-state index contributed by atoms with van der Waals surface area (Å²) in [7, 11) is 0. The number of aryl methyl sites for hydroxylation is 1. The Kier molecular flexibility index (Phi) is 7.23. The first kappa shape index (κ1) is 17.5. The normalized spacial score (nSPS) is 10.3. The largest absolute Gasteiger partial charge is 0.334 e. The molecule has 0 saturated carbocycles. The van der Waals surface area contributed by atoms with Crippen molar-refractivity contribution in [1.82, 2.24) is 4.90 Å². The fraction of sp³-hybridized carbons (Fsp3) is 0.500. The van der Waals surface area contributed by atoms with Crippen molar-refractivity contribution < 1.29 is 9.59 Å². The molecular weight excluding hydrogens is 288 g/mol. The molecule has 0 spiro atoms. The van der Waals surface area contributed by atoms with Crippen LogP contribution in [-0.2, 0) is 9.59 Å². The molecule has 1 aromatic carbocycles. The van der Waals surface area contributed by atoms with Crippen LogP contribution < -0.4 is 5.32 Å². The van der Waals surface area contributed by atoms with Crippen molar-refractivity contribution >= 4 is 29.1 Å². The Hall–Kier alpha value is -1.55. The molecule has 1 N–H and O–H groups in total. The van der Waals surface area contributed by atoms with Crippen LogP contribution in [0.3, 0.4) is 0 Å². The topological polar surface area (TPSA) is 49.4 Å². The molecule has 0 unspecified atom stereocenters. The molecule has 0 aromatic heterocycles. The van der Waals surface area contributed by atoms with Gasteiger partial charge in [0.15, 0.2) is 0 Å². The minimum absolute atomic E-state index is 0.484. The lowest BCUT2D eigenvalue weighted by Crippen LogP contribution is -2.40. The molecule has 0 aliphatic carbocycles. The van der Waals surface area contributed by atoms with Gasteiger partial charge in [-0.05, 0) is 37.5 Å². The van der Waals surface area contributed by atoms with E-state index in [9.17, 15) is 9.59 Å². The van der Waals surface area contributed by atoms with Gasteiger partial charge in [0.2, 0.25) is 0 Å². The summed E-state index contributed by atoms with van der Waals surface area (Å²) >= 11 is 6.01. The second kappa shape index (κ2) is 8.67. The highest BCUT2D eigenvalue weighted by molar-refractivity contribution is 6.39. The smallest absolute Gasteiger partial charge is 0.313 e. The van der Waals surface area contributed by atoms with Crippen LogP contribution in [0.5, 0.6) is 0 Å². The fourth-order valence-corrected chi connectivity index (χ4v) is 2.11. The van der Waals surface area contributed by atoms with Gasteiger partial charge in [0.1, 0.15) is 0 Å². The SMILES string of the molecule is CCCCN(CCC)C(=O)C(=O)Nc1ccc(C)c(Cl)c1. The molecule has 1 rings (SSSR count). The average molecular weight is 311 g/mol. The van der Waals surface area contributed by atoms with Gasteiger partial charge in [-0.25, -0.2) is 0 Å². The lowest BCUT2D eigenvalue weighted by Gasteiger charge is -2.21. The number of benzene rings is 1. The van der Waals surface area contributed by atoms with E-state index < -0.39 is 11.8 Å². The van der Waals surface area contributed by atoms with Gasteiger partial charge in [0, 0.05) is 23.8 Å². The highest BCUT2D eigenvalue weighted by Gasteiger charge is 2.20. The van der Waals surface area contributed by atoms with E-state index in [0.717, 1.165) is 24.8 Å². The molecular formula is C16H23ClN2O2. The summed E-state index contributed by atoms with van der Waals surface area (Å²) in [6, 6.07) is 5.20. The van der Waals surface area contributed by atoms with Crippen molar-refractivity contribution in [3.05, 3.63) is 28.8 Å². The van der Waals surface area contributed by atoms with Crippen LogP contribution in [0.25, 0.3) is 0 Å². The van der Waals surface area contributed by atoms with Gasteiger partial charge in [-0.3, -0.25) is 9.59 Å². The molecule has 0 aliphatic rings. The van der Waals surface area contributed by atoms with Gasteiger partial charge in [-0.15, -0.1) is 0 Å². The highest BCUT2D eigenvalue weighted by Crippen LogP contribution is 2.20. The number of halogens is 1. The maximum absolute atomic E-state index is 12.2. The first-order valence-corrected chi connectivity index (χ1v) is 7.73. The van der Waals surface area contributed by atoms with E-state index in [2.05, 4.69) is 12.2 Å². The van der Waals surface area contributed by atoms with E-state index in [-0.39, 0.29) is 0 Å². The number of amides is 2. The van der Waals surface area contributed by atoms with Crippen molar-refractivity contribution in [1.29, 1.82) is 0 Å². The van der Waals surface area contributed by atoms with Gasteiger partial charge in [0.25, 0.3) is 0 Å². The maximum atomic E-state index is 12.2. The van der Waals surface area contributed by atoms with Crippen molar-refractivity contribution in [2.24, 2.45) is 0 Å². The number of anilines is 1. The molecule has 0 bridgehead atoms. The van der Waals surface area contributed by atoms with E-state index in [1.54, 1.807) is 17.0 Å². The van der Waals surface area contributed by atoms with E-state index in [1.165, 1.54) is 0 Å². The predicted octanol–water partition coefficient (Wildman–Crippen LogP) is 3.63. The van der Waals surface area contributed by atoms with Gasteiger partial charge >= 0.3 is 11.8 Å². The molecule has 5 heteroatoms. The number of carbonyl (C=O) groups is 2. The highest BCUT2D eigenvalue weighted by atomic mass is 35.5. The van der Waals surface area contributed by atoms with Gasteiger partial charge in [-0.2, -0.15) is 0 Å². The van der Waals surface area contributed by atoms with E-state index in [0.29, 0.717) is 23.8 Å². The Bertz CT molecular complexity index is 503. The number of carbonyl (C=O) groups excluding carboxylic acids is 2. The van der Waals surface area contributed by atoms with Crippen LogP contribution in [-0.4, -0.2) is 29.8 Å². The van der Waals surface area contributed by atoms with E-state index in [1.807, 2.05) is 19.9 Å². The zero-order chi connectivity index (χ0) is 15.8. The number of unbranched alkanes of at least 4 members (excludes halogenated alkanes) is 1. The molecule has 0 heterocycles. The van der Waals surface area contributed by atoms with Crippen molar-refractivity contribution in [2.75, 3.05) is 18.4 Å². The standard InChI is InChI=1S/C16H23ClN2O2/c1-4-6-10-19(9-5-2)16(21)15(20)18-13-8-7-12(3)14(17)11-13/h7-8,11H,4-6,9-10H2,1-3H3,(H,18,20).